The number of nitrogens with zero attached hydrogens (tertiary/aromatic N) is 1. The Morgan fingerprint density at radius 1 is 1.00 bits per heavy atom. The molecule has 3 nitrogen and oxygen atoms in total. The van der Waals surface area contributed by atoms with Crippen LogP contribution in [0.2, 0.25) is 5.02 Å². The number of fused-ring (bicyclic) bond motifs is 1. The number of rotatable bonds is 4. The summed E-state index contributed by atoms with van der Waals surface area (Å²) in [7, 11) is 0. The minimum absolute atomic E-state index is 0.150. The summed E-state index contributed by atoms with van der Waals surface area (Å²) in [6.07, 6.45) is 2.57. The number of carbonyl (C=O) groups is 1. The van der Waals surface area contributed by atoms with Crippen LogP contribution in [0, 0.1) is 0 Å². The molecule has 1 amide bonds. The maximum Gasteiger partial charge on any atom is 0.257 e. The number of thiazole rings is 1. The highest BCUT2D eigenvalue weighted by molar-refractivity contribution is 7.15. The van der Waals surface area contributed by atoms with Gasteiger partial charge in [-0.1, -0.05) is 54.1 Å². The lowest BCUT2D eigenvalue weighted by Crippen LogP contribution is -2.11. The highest BCUT2D eigenvalue weighted by atomic mass is 35.5. The van der Waals surface area contributed by atoms with E-state index in [1.165, 1.54) is 11.3 Å². The third kappa shape index (κ3) is 3.77. The van der Waals surface area contributed by atoms with Crippen LogP contribution >= 0.6 is 22.9 Å². The number of hydrogen-bond acceptors (Lipinski definition) is 3. The summed E-state index contributed by atoms with van der Waals surface area (Å²) in [6.45, 7) is 0. The van der Waals surface area contributed by atoms with Gasteiger partial charge in [0, 0.05) is 28.1 Å². The molecule has 0 aliphatic rings. The van der Waals surface area contributed by atoms with Crippen molar-refractivity contribution in [3.05, 3.63) is 94.0 Å². The fraction of sp³-hybridized carbons (Fsp3) is 0.0476. The molecule has 0 aliphatic carbocycles. The summed E-state index contributed by atoms with van der Waals surface area (Å²) >= 11 is 7.40. The van der Waals surface area contributed by atoms with Crippen molar-refractivity contribution in [2.45, 2.75) is 6.42 Å². The van der Waals surface area contributed by atoms with Gasteiger partial charge in [-0.05, 0) is 40.6 Å². The van der Waals surface area contributed by atoms with Gasteiger partial charge in [0.1, 0.15) is 0 Å². The molecule has 128 valence electrons. The molecule has 0 fully saturated rings. The zero-order valence-electron chi connectivity index (χ0n) is 13.8. The minimum atomic E-state index is -0.150. The van der Waals surface area contributed by atoms with Crippen molar-refractivity contribution in [3.63, 3.8) is 0 Å². The molecule has 0 saturated heterocycles. The smallest absolute Gasteiger partial charge is 0.257 e. The lowest BCUT2D eigenvalue weighted by Gasteiger charge is -2.03. The van der Waals surface area contributed by atoms with Crippen LogP contribution in [-0.4, -0.2) is 10.9 Å². The number of anilines is 1. The lowest BCUT2D eigenvalue weighted by atomic mass is 10.1. The van der Waals surface area contributed by atoms with E-state index < -0.39 is 0 Å². The van der Waals surface area contributed by atoms with Crippen molar-refractivity contribution in [1.29, 1.82) is 0 Å². The molecule has 0 saturated carbocycles. The summed E-state index contributed by atoms with van der Waals surface area (Å²) < 4.78 is 0. The van der Waals surface area contributed by atoms with Crippen LogP contribution < -0.4 is 5.32 Å². The Morgan fingerprint density at radius 3 is 2.58 bits per heavy atom. The van der Waals surface area contributed by atoms with Crippen molar-refractivity contribution in [1.82, 2.24) is 4.98 Å². The van der Waals surface area contributed by atoms with Gasteiger partial charge in [-0.15, -0.1) is 11.3 Å². The number of benzene rings is 3. The van der Waals surface area contributed by atoms with E-state index >= 15 is 0 Å². The summed E-state index contributed by atoms with van der Waals surface area (Å²) in [5.74, 6) is -0.150. The Labute approximate surface area is 160 Å². The Morgan fingerprint density at radius 2 is 1.77 bits per heavy atom. The summed E-state index contributed by atoms with van der Waals surface area (Å²) in [5, 5.41) is 6.37. The molecule has 1 aromatic heterocycles. The Hall–Kier alpha value is -2.69. The van der Waals surface area contributed by atoms with Crippen LogP contribution in [-0.2, 0) is 6.42 Å². The minimum Gasteiger partial charge on any atom is -0.298 e. The molecule has 4 aromatic rings. The highest BCUT2D eigenvalue weighted by Crippen LogP contribution is 2.23. The van der Waals surface area contributed by atoms with Crippen LogP contribution in [0.1, 0.15) is 20.8 Å². The molecule has 0 radical (unpaired) electrons. The van der Waals surface area contributed by atoms with Gasteiger partial charge < -0.3 is 0 Å². The molecule has 0 spiro atoms. The van der Waals surface area contributed by atoms with Gasteiger partial charge in [0.2, 0.25) is 0 Å². The van der Waals surface area contributed by atoms with Gasteiger partial charge in [-0.3, -0.25) is 10.1 Å². The maximum atomic E-state index is 12.5. The second-order valence-electron chi connectivity index (χ2n) is 5.95. The number of halogens is 1. The predicted octanol–water partition coefficient (Wildman–Crippen LogP) is 5.79. The first-order valence-corrected chi connectivity index (χ1v) is 9.36. The van der Waals surface area contributed by atoms with Crippen molar-refractivity contribution >= 4 is 44.7 Å². The monoisotopic (exact) mass is 378 g/mol. The molecule has 0 aliphatic heterocycles. The average molecular weight is 379 g/mol. The van der Waals surface area contributed by atoms with Gasteiger partial charge in [0.15, 0.2) is 5.13 Å². The number of aromatic nitrogens is 1. The zero-order valence-corrected chi connectivity index (χ0v) is 15.3. The van der Waals surface area contributed by atoms with E-state index in [2.05, 4.69) is 10.3 Å². The third-order valence-electron chi connectivity index (χ3n) is 4.08. The number of hydrogen-bond donors (Lipinski definition) is 1. The summed E-state index contributed by atoms with van der Waals surface area (Å²) in [5.41, 5.74) is 1.78. The van der Waals surface area contributed by atoms with Crippen LogP contribution in [0.15, 0.2) is 72.9 Å². The second kappa shape index (κ2) is 7.28. The van der Waals surface area contributed by atoms with Crippen LogP contribution in [0.25, 0.3) is 10.8 Å². The van der Waals surface area contributed by atoms with Gasteiger partial charge in [0.25, 0.3) is 5.91 Å². The molecule has 0 unspecified atom stereocenters. The van der Waals surface area contributed by atoms with Crippen LogP contribution in [0.3, 0.4) is 0 Å². The maximum absolute atomic E-state index is 12.5. The van der Waals surface area contributed by atoms with Gasteiger partial charge in [0.05, 0.1) is 0 Å². The molecule has 0 atom stereocenters. The molecule has 4 rings (SSSR count). The Kier molecular flexibility index (Phi) is 4.69. The van der Waals surface area contributed by atoms with E-state index in [1.807, 2.05) is 66.7 Å². The quantitative estimate of drug-likeness (QED) is 0.488. The van der Waals surface area contributed by atoms with Crippen molar-refractivity contribution in [2.24, 2.45) is 0 Å². The van der Waals surface area contributed by atoms with E-state index in [4.69, 9.17) is 11.6 Å². The fourth-order valence-corrected chi connectivity index (χ4v) is 3.72. The van der Waals surface area contributed by atoms with E-state index in [9.17, 15) is 4.79 Å². The molecular formula is C21H15ClN2OS. The SMILES string of the molecule is O=C(Nc1ncc(Cc2ccc(Cl)cc2)s1)c1ccc2ccccc2c1. The van der Waals surface area contributed by atoms with Crippen molar-refractivity contribution in [2.75, 3.05) is 5.32 Å². The molecule has 1 heterocycles. The van der Waals surface area contributed by atoms with Crippen molar-refractivity contribution in [3.8, 4) is 0 Å². The third-order valence-corrected chi connectivity index (χ3v) is 5.24. The zero-order chi connectivity index (χ0) is 17.9. The number of carbonyl (C=O) groups excluding carboxylic acids is 1. The van der Waals surface area contributed by atoms with Gasteiger partial charge in [-0.25, -0.2) is 4.98 Å². The average Bonchev–Trinajstić information content (AvgIpc) is 3.10. The van der Waals surface area contributed by atoms with Crippen LogP contribution in [0.5, 0.6) is 0 Å². The first kappa shape index (κ1) is 16.8. The van der Waals surface area contributed by atoms with Crippen molar-refractivity contribution < 1.29 is 4.79 Å². The standard InChI is InChI=1S/C21H15ClN2OS/c22-18-9-5-14(6-10-18)11-19-13-23-21(26-19)24-20(25)17-8-7-15-3-1-2-4-16(15)12-17/h1-10,12-13H,11H2,(H,23,24,25). The molecular weight excluding hydrogens is 364 g/mol. The largest absolute Gasteiger partial charge is 0.298 e. The van der Waals surface area contributed by atoms with E-state index in [0.717, 1.165) is 32.7 Å². The van der Waals surface area contributed by atoms with Crippen LogP contribution in [0.4, 0.5) is 5.13 Å². The molecule has 1 N–H and O–H groups in total. The summed E-state index contributed by atoms with van der Waals surface area (Å²) in [4.78, 5) is 17.9. The van der Waals surface area contributed by atoms with Gasteiger partial charge >= 0.3 is 0 Å². The summed E-state index contributed by atoms with van der Waals surface area (Å²) in [6, 6.07) is 21.4. The first-order chi connectivity index (χ1) is 12.7. The van der Waals surface area contributed by atoms with Gasteiger partial charge in [-0.2, -0.15) is 0 Å². The second-order valence-corrected chi connectivity index (χ2v) is 7.50. The predicted molar refractivity (Wildman–Crippen MR) is 108 cm³/mol. The highest BCUT2D eigenvalue weighted by Gasteiger charge is 2.10. The Balaban J connectivity index is 1.47. The first-order valence-electron chi connectivity index (χ1n) is 8.17. The topological polar surface area (TPSA) is 42.0 Å². The molecule has 26 heavy (non-hydrogen) atoms. The normalized spacial score (nSPS) is 10.8. The van der Waals surface area contributed by atoms with E-state index in [1.54, 1.807) is 6.20 Å². The molecule has 0 bridgehead atoms. The van der Waals surface area contributed by atoms with E-state index in [0.29, 0.717) is 10.7 Å². The Bertz CT molecular complexity index is 1070. The van der Waals surface area contributed by atoms with E-state index in [-0.39, 0.29) is 5.91 Å². The molecule has 3 aromatic carbocycles. The lowest BCUT2D eigenvalue weighted by molar-refractivity contribution is 0.102. The number of amides is 1. The molecule has 5 heteroatoms. The fourth-order valence-electron chi connectivity index (χ4n) is 2.75. The number of nitrogens with one attached hydrogen (secondary N) is 1.